The van der Waals surface area contributed by atoms with Crippen molar-refractivity contribution in [2.45, 2.75) is 45.7 Å². The lowest BCUT2D eigenvalue weighted by Gasteiger charge is -2.36. The van der Waals surface area contributed by atoms with E-state index in [0.29, 0.717) is 25.8 Å². The summed E-state index contributed by atoms with van der Waals surface area (Å²) >= 11 is 0. The monoisotopic (exact) mass is 439 g/mol. The van der Waals surface area contributed by atoms with Crippen molar-refractivity contribution in [2.24, 2.45) is 17.6 Å². The van der Waals surface area contributed by atoms with Crippen LogP contribution in [0.2, 0.25) is 0 Å². The lowest BCUT2D eigenvalue weighted by atomic mass is 9.92. The van der Waals surface area contributed by atoms with E-state index in [1.165, 1.54) is 12.1 Å². The summed E-state index contributed by atoms with van der Waals surface area (Å²) in [6.07, 6.45) is 1.07. The number of fused-ring (bicyclic) bond motifs is 1. The van der Waals surface area contributed by atoms with E-state index in [-0.39, 0.29) is 30.1 Å². The lowest BCUT2D eigenvalue weighted by Crippen LogP contribution is -2.53. The summed E-state index contributed by atoms with van der Waals surface area (Å²) in [6.45, 7) is 4.38. The zero-order valence-electron chi connectivity index (χ0n) is 18.5. The number of hydrogen-bond donors (Lipinski definition) is 2. The van der Waals surface area contributed by atoms with Crippen LogP contribution < -0.4 is 11.1 Å². The van der Waals surface area contributed by atoms with Gasteiger partial charge in [0.1, 0.15) is 11.9 Å². The molecule has 2 atom stereocenters. The fourth-order valence-corrected chi connectivity index (χ4v) is 4.01. The Morgan fingerprint density at radius 3 is 2.38 bits per heavy atom. The molecule has 2 unspecified atom stereocenters. The van der Waals surface area contributed by atoms with Crippen LogP contribution in [0.1, 0.15) is 37.0 Å². The minimum absolute atomic E-state index is 0.0515. The molecule has 1 heterocycles. The molecule has 0 saturated heterocycles. The molecule has 6 nitrogen and oxygen atoms in total. The Hall–Kier alpha value is -3.22. The number of nitrogens with two attached hydrogens (primary N) is 1. The Bertz CT molecular complexity index is 975. The van der Waals surface area contributed by atoms with Crippen LogP contribution in [-0.2, 0) is 33.8 Å². The van der Waals surface area contributed by atoms with E-state index in [9.17, 15) is 18.8 Å². The second-order valence-corrected chi connectivity index (χ2v) is 8.78. The molecule has 2 aromatic rings. The number of hydrogen-bond acceptors (Lipinski definition) is 3. The second-order valence-electron chi connectivity index (χ2n) is 8.78. The number of carbonyl (C=O) groups excluding carboxylic acids is 3. The molecular weight excluding hydrogens is 409 g/mol. The van der Waals surface area contributed by atoms with Crippen molar-refractivity contribution in [3.8, 4) is 0 Å². The van der Waals surface area contributed by atoms with Crippen LogP contribution in [-0.4, -0.2) is 35.2 Å². The highest BCUT2D eigenvalue weighted by atomic mass is 19.1. The van der Waals surface area contributed by atoms with Crippen molar-refractivity contribution in [3.63, 3.8) is 0 Å². The van der Waals surface area contributed by atoms with Gasteiger partial charge in [0.05, 0.1) is 5.92 Å². The molecule has 3 rings (SSSR count). The molecule has 0 bridgehead atoms. The van der Waals surface area contributed by atoms with Gasteiger partial charge in [-0.05, 0) is 41.2 Å². The molecule has 0 radical (unpaired) electrons. The highest BCUT2D eigenvalue weighted by Gasteiger charge is 2.34. The maximum Gasteiger partial charge on any atom is 0.243 e. The van der Waals surface area contributed by atoms with Crippen LogP contribution in [0.5, 0.6) is 0 Å². The van der Waals surface area contributed by atoms with Crippen LogP contribution in [0.25, 0.3) is 0 Å². The molecule has 170 valence electrons. The van der Waals surface area contributed by atoms with Gasteiger partial charge in [-0.25, -0.2) is 4.39 Å². The molecule has 7 heteroatoms. The average molecular weight is 440 g/mol. The third-order valence-corrected chi connectivity index (χ3v) is 5.77. The summed E-state index contributed by atoms with van der Waals surface area (Å²) < 4.78 is 13.1. The van der Waals surface area contributed by atoms with Crippen molar-refractivity contribution >= 4 is 17.7 Å². The summed E-state index contributed by atoms with van der Waals surface area (Å²) in [5.74, 6) is -1.73. The highest BCUT2D eigenvalue weighted by Crippen LogP contribution is 2.25. The van der Waals surface area contributed by atoms with Gasteiger partial charge in [-0.1, -0.05) is 50.2 Å². The Balaban J connectivity index is 1.71. The minimum atomic E-state index is -0.643. The van der Waals surface area contributed by atoms with E-state index in [1.54, 1.807) is 17.0 Å². The number of amides is 3. The van der Waals surface area contributed by atoms with Gasteiger partial charge in [-0.2, -0.15) is 0 Å². The van der Waals surface area contributed by atoms with Gasteiger partial charge in [-0.15, -0.1) is 0 Å². The first kappa shape index (κ1) is 23.4. The summed E-state index contributed by atoms with van der Waals surface area (Å²) in [5.41, 5.74) is 8.38. The number of halogens is 1. The highest BCUT2D eigenvalue weighted by molar-refractivity contribution is 5.89. The fourth-order valence-electron chi connectivity index (χ4n) is 4.01. The first-order chi connectivity index (χ1) is 15.2. The molecule has 0 fully saturated rings. The first-order valence-electron chi connectivity index (χ1n) is 10.9. The van der Waals surface area contributed by atoms with Gasteiger partial charge >= 0.3 is 0 Å². The third kappa shape index (κ3) is 5.93. The maximum atomic E-state index is 13.1. The maximum absolute atomic E-state index is 13.1. The first-order valence-corrected chi connectivity index (χ1v) is 10.9. The number of benzene rings is 2. The van der Waals surface area contributed by atoms with Crippen LogP contribution >= 0.6 is 0 Å². The second kappa shape index (κ2) is 10.4. The average Bonchev–Trinajstić information content (AvgIpc) is 2.76. The topological polar surface area (TPSA) is 92.5 Å². The Morgan fingerprint density at radius 1 is 1.09 bits per heavy atom. The largest absolute Gasteiger partial charge is 0.369 e. The van der Waals surface area contributed by atoms with Crippen molar-refractivity contribution in [3.05, 3.63) is 71.0 Å². The molecule has 32 heavy (non-hydrogen) atoms. The molecule has 2 aromatic carbocycles. The SMILES string of the molecule is CC(C)CC(=O)N1Cc2ccccc2CC1C(=O)NCC(Cc1ccc(F)cc1)C(N)=O. The van der Waals surface area contributed by atoms with E-state index in [2.05, 4.69) is 5.32 Å². The molecule has 0 saturated carbocycles. The lowest BCUT2D eigenvalue weighted by molar-refractivity contribution is -0.142. The fraction of sp³-hybridized carbons (Fsp3) is 0.400. The molecule has 0 aliphatic carbocycles. The quantitative estimate of drug-likeness (QED) is 0.662. The van der Waals surface area contributed by atoms with Gasteiger partial charge in [0, 0.05) is 25.9 Å². The minimum Gasteiger partial charge on any atom is -0.369 e. The predicted octanol–water partition coefficient (Wildman–Crippen LogP) is 2.59. The van der Waals surface area contributed by atoms with Crippen LogP contribution in [0, 0.1) is 17.7 Å². The Morgan fingerprint density at radius 2 is 1.75 bits per heavy atom. The van der Waals surface area contributed by atoms with Gasteiger partial charge in [0.15, 0.2) is 0 Å². The van der Waals surface area contributed by atoms with Gasteiger partial charge < -0.3 is 16.0 Å². The van der Waals surface area contributed by atoms with Crippen molar-refractivity contribution in [1.29, 1.82) is 0 Å². The molecule has 0 spiro atoms. The molecule has 0 aromatic heterocycles. The van der Waals surface area contributed by atoms with Gasteiger partial charge in [0.25, 0.3) is 0 Å². The van der Waals surface area contributed by atoms with E-state index >= 15 is 0 Å². The summed E-state index contributed by atoms with van der Waals surface area (Å²) in [7, 11) is 0. The summed E-state index contributed by atoms with van der Waals surface area (Å²) in [4.78, 5) is 39.6. The third-order valence-electron chi connectivity index (χ3n) is 5.77. The van der Waals surface area contributed by atoms with Crippen LogP contribution in [0.15, 0.2) is 48.5 Å². The van der Waals surface area contributed by atoms with Crippen molar-refractivity contribution in [2.75, 3.05) is 6.54 Å². The smallest absolute Gasteiger partial charge is 0.243 e. The van der Waals surface area contributed by atoms with E-state index in [0.717, 1.165) is 16.7 Å². The number of primary amides is 1. The van der Waals surface area contributed by atoms with Crippen molar-refractivity contribution in [1.82, 2.24) is 10.2 Å². The van der Waals surface area contributed by atoms with E-state index in [4.69, 9.17) is 5.73 Å². The predicted molar refractivity (Wildman–Crippen MR) is 120 cm³/mol. The molecule has 1 aliphatic heterocycles. The molecule has 1 aliphatic rings. The Labute approximate surface area is 188 Å². The number of carbonyl (C=O) groups is 3. The zero-order valence-corrected chi connectivity index (χ0v) is 18.5. The normalized spacial score (nSPS) is 16.4. The van der Waals surface area contributed by atoms with Crippen LogP contribution in [0.3, 0.4) is 0 Å². The molecule has 3 amide bonds. The molecule has 3 N–H and O–H groups in total. The standard InChI is InChI=1S/C25H30FN3O3/c1-16(2)11-23(30)29-15-19-6-4-3-5-18(19)13-22(29)25(32)28-14-20(24(27)31)12-17-7-9-21(26)10-8-17/h3-10,16,20,22H,11-15H2,1-2H3,(H2,27,31)(H,28,32). The van der Waals surface area contributed by atoms with Crippen LogP contribution in [0.4, 0.5) is 4.39 Å². The summed E-state index contributed by atoms with van der Waals surface area (Å²) in [5, 5.41) is 2.83. The number of rotatable bonds is 8. The zero-order chi connectivity index (χ0) is 23.3. The Kier molecular flexibility index (Phi) is 7.62. The van der Waals surface area contributed by atoms with Gasteiger partial charge in [0.2, 0.25) is 17.7 Å². The van der Waals surface area contributed by atoms with Gasteiger partial charge in [-0.3, -0.25) is 14.4 Å². The van der Waals surface area contributed by atoms with Crippen molar-refractivity contribution < 1.29 is 18.8 Å². The molecular formula is C25H30FN3O3. The number of nitrogens with zero attached hydrogens (tertiary/aromatic N) is 1. The summed E-state index contributed by atoms with van der Waals surface area (Å²) in [6, 6.07) is 13.0. The van der Waals surface area contributed by atoms with E-state index in [1.807, 2.05) is 38.1 Å². The number of nitrogens with one attached hydrogen (secondary N) is 1. The van der Waals surface area contributed by atoms with E-state index < -0.39 is 17.9 Å².